The van der Waals surface area contributed by atoms with Crippen molar-refractivity contribution in [3.05, 3.63) is 34.9 Å². The predicted molar refractivity (Wildman–Crippen MR) is 73.8 cm³/mol. The third-order valence-electron chi connectivity index (χ3n) is 3.28. The standard InChI is InChI=1S/C15H22N2O/c1-11(2)17-15(18)16-9-8-12-6-7-13-4-3-5-14(13)10-12/h6-7,10-11H,3-5,8-9H2,1-2H3,(H2,16,17,18). The number of aryl methyl sites for hydroxylation is 2. The molecule has 0 saturated heterocycles. The van der Waals surface area contributed by atoms with Crippen LogP contribution in [0.25, 0.3) is 0 Å². The second kappa shape index (κ2) is 5.89. The molecule has 1 aromatic rings. The number of hydrogen-bond donors (Lipinski definition) is 2. The van der Waals surface area contributed by atoms with Crippen LogP contribution < -0.4 is 10.6 Å². The van der Waals surface area contributed by atoms with E-state index in [9.17, 15) is 4.79 Å². The normalized spacial score (nSPS) is 13.5. The molecule has 1 aliphatic carbocycles. The van der Waals surface area contributed by atoms with Gasteiger partial charge >= 0.3 is 6.03 Å². The first-order valence-electron chi connectivity index (χ1n) is 6.80. The fraction of sp³-hybridized carbons (Fsp3) is 0.533. The first-order chi connectivity index (χ1) is 8.65. The molecule has 0 bridgehead atoms. The summed E-state index contributed by atoms with van der Waals surface area (Å²) in [5.74, 6) is 0. The van der Waals surface area contributed by atoms with E-state index in [1.165, 1.54) is 36.0 Å². The van der Waals surface area contributed by atoms with Crippen LogP contribution in [-0.2, 0) is 19.3 Å². The van der Waals surface area contributed by atoms with E-state index in [2.05, 4.69) is 28.8 Å². The molecule has 98 valence electrons. The van der Waals surface area contributed by atoms with Crippen LogP contribution in [0.4, 0.5) is 4.79 Å². The smallest absolute Gasteiger partial charge is 0.314 e. The monoisotopic (exact) mass is 246 g/mol. The highest BCUT2D eigenvalue weighted by molar-refractivity contribution is 5.74. The molecule has 0 radical (unpaired) electrons. The van der Waals surface area contributed by atoms with E-state index in [0.717, 1.165) is 6.42 Å². The van der Waals surface area contributed by atoms with E-state index in [-0.39, 0.29) is 12.1 Å². The molecule has 0 unspecified atom stereocenters. The van der Waals surface area contributed by atoms with Crippen LogP contribution in [0.3, 0.4) is 0 Å². The van der Waals surface area contributed by atoms with Crippen molar-refractivity contribution in [3.8, 4) is 0 Å². The van der Waals surface area contributed by atoms with Crippen LogP contribution in [0.2, 0.25) is 0 Å². The lowest BCUT2D eigenvalue weighted by Gasteiger charge is -2.10. The maximum absolute atomic E-state index is 11.4. The van der Waals surface area contributed by atoms with Gasteiger partial charge in [0, 0.05) is 12.6 Å². The SMILES string of the molecule is CC(C)NC(=O)NCCc1ccc2c(c1)CCC2. The van der Waals surface area contributed by atoms with Crippen molar-refractivity contribution in [2.45, 2.75) is 45.6 Å². The topological polar surface area (TPSA) is 41.1 Å². The van der Waals surface area contributed by atoms with Gasteiger partial charge in [-0.25, -0.2) is 4.79 Å². The summed E-state index contributed by atoms with van der Waals surface area (Å²) in [6.45, 7) is 4.61. The summed E-state index contributed by atoms with van der Waals surface area (Å²) in [5.41, 5.74) is 4.32. The number of amides is 2. The van der Waals surface area contributed by atoms with Crippen molar-refractivity contribution < 1.29 is 4.79 Å². The second-order valence-corrected chi connectivity index (χ2v) is 5.26. The third kappa shape index (κ3) is 3.49. The van der Waals surface area contributed by atoms with Gasteiger partial charge in [0.1, 0.15) is 0 Å². The van der Waals surface area contributed by atoms with Gasteiger partial charge < -0.3 is 10.6 Å². The maximum Gasteiger partial charge on any atom is 0.314 e. The van der Waals surface area contributed by atoms with Gasteiger partial charge in [0.25, 0.3) is 0 Å². The van der Waals surface area contributed by atoms with Gasteiger partial charge in [-0.3, -0.25) is 0 Å². The molecular weight excluding hydrogens is 224 g/mol. The number of nitrogens with one attached hydrogen (secondary N) is 2. The molecule has 0 saturated carbocycles. The molecule has 1 aliphatic rings. The first kappa shape index (κ1) is 12.9. The van der Waals surface area contributed by atoms with Crippen LogP contribution in [0.1, 0.15) is 37.0 Å². The summed E-state index contributed by atoms with van der Waals surface area (Å²) in [6, 6.07) is 6.83. The first-order valence-corrected chi connectivity index (χ1v) is 6.80. The van der Waals surface area contributed by atoms with Crippen molar-refractivity contribution in [1.29, 1.82) is 0 Å². The highest BCUT2D eigenvalue weighted by atomic mass is 16.2. The largest absolute Gasteiger partial charge is 0.338 e. The third-order valence-corrected chi connectivity index (χ3v) is 3.28. The molecule has 0 atom stereocenters. The van der Waals surface area contributed by atoms with E-state index >= 15 is 0 Å². The molecule has 0 spiro atoms. The minimum atomic E-state index is -0.0776. The van der Waals surface area contributed by atoms with E-state index < -0.39 is 0 Å². The average molecular weight is 246 g/mol. The molecule has 0 aliphatic heterocycles. The molecule has 0 fully saturated rings. The zero-order chi connectivity index (χ0) is 13.0. The molecule has 3 nitrogen and oxygen atoms in total. The summed E-state index contributed by atoms with van der Waals surface area (Å²) in [7, 11) is 0. The Morgan fingerprint density at radius 3 is 2.83 bits per heavy atom. The summed E-state index contributed by atoms with van der Waals surface area (Å²) in [5, 5.41) is 5.70. The molecular formula is C15H22N2O. The highest BCUT2D eigenvalue weighted by Gasteiger charge is 2.10. The molecule has 2 N–H and O–H groups in total. The Bertz CT molecular complexity index is 427. The Morgan fingerprint density at radius 2 is 2.06 bits per heavy atom. The summed E-state index contributed by atoms with van der Waals surface area (Å²) in [6.07, 6.45) is 4.63. The van der Waals surface area contributed by atoms with E-state index in [0.29, 0.717) is 6.54 Å². The zero-order valence-corrected chi connectivity index (χ0v) is 11.3. The molecule has 0 heterocycles. The number of urea groups is 1. The maximum atomic E-state index is 11.4. The Hall–Kier alpha value is -1.51. The lowest BCUT2D eigenvalue weighted by atomic mass is 10.0. The van der Waals surface area contributed by atoms with Gasteiger partial charge in [-0.2, -0.15) is 0 Å². The van der Waals surface area contributed by atoms with Gasteiger partial charge in [-0.1, -0.05) is 18.2 Å². The van der Waals surface area contributed by atoms with Gasteiger partial charge in [0.05, 0.1) is 0 Å². The average Bonchev–Trinajstić information content (AvgIpc) is 2.75. The van der Waals surface area contributed by atoms with Crippen molar-refractivity contribution in [3.63, 3.8) is 0 Å². The van der Waals surface area contributed by atoms with Crippen LogP contribution in [0, 0.1) is 0 Å². The molecule has 1 aromatic carbocycles. The fourth-order valence-corrected chi connectivity index (χ4v) is 2.41. The minimum absolute atomic E-state index is 0.0776. The predicted octanol–water partition coefficient (Wildman–Crippen LogP) is 2.43. The van der Waals surface area contributed by atoms with E-state index in [1.807, 2.05) is 13.8 Å². The van der Waals surface area contributed by atoms with E-state index in [1.54, 1.807) is 0 Å². The van der Waals surface area contributed by atoms with Crippen molar-refractivity contribution >= 4 is 6.03 Å². The number of carbonyl (C=O) groups excluding carboxylic acids is 1. The Labute approximate surface area is 109 Å². The van der Waals surface area contributed by atoms with Crippen LogP contribution in [0.15, 0.2) is 18.2 Å². The zero-order valence-electron chi connectivity index (χ0n) is 11.3. The van der Waals surface area contributed by atoms with Gasteiger partial charge in [-0.15, -0.1) is 0 Å². The Kier molecular flexibility index (Phi) is 4.24. The lowest BCUT2D eigenvalue weighted by molar-refractivity contribution is 0.238. The molecule has 3 heteroatoms. The number of fused-ring (bicyclic) bond motifs is 1. The van der Waals surface area contributed by atoms with Gasteiger partial charge in [0.2, 0.25) is 0 Å². The fourth-order valence-electron chi connectivity index (χ4n) is 2.41. The van der Waals surface area contributed by atoms with Crippen LogP contribution >= 0.6 is 0 Å². The van der Waals surface area contributed by atoms with Crippen LogP contribution in [-0.4, -0.2) is 18.6 Å². The molecule has 0 aromatic heterocycles. The molecule has 2 rings (SSSR count). The minimum Gasteiger partial charge on any atom is -0.338 e. The van der Waals surface area contributed by atoms with Crippen molar-refractivity contribution in [2.75, 3.05) is 6.54 Å². The Morgan fingerprint density at radius 1 is 1.28 bits per heavy atom. The summed E-state index contributed by atoms with van der Waals surface area (Å²) < 4.78 is 0. The number of benzene rings is 1. The highest BCUT2D eigenvalue weighted by Crippen LogP contribution is 2.22. The number of rotatable bonds is 4. The summed E-state index contributed by atoms with van der Waals surface area (Å²) >= 11 is 0. The van der Waals surface area contributed by atoms with E-state index in [4.69, 9.17) is 0 Å². The van der Waals surface area contributed by atoms with Crippen LogP contribution in [0.5, 0.6) is 0 Å². The quantitative estimate of drug-likeness (QED) is 0.841. The molecule has 18 heavy (non-hydrogen) atoms. The van der Waals surface area contributed by atoms with Crippen molar-refractivity contribution in [2.24, 2.45) is 0 Å². The summed E-state index contributed by atoms with van der Waals surface area (Å²) in [4.78, 5) is 11.4. The second-order valence-electron chi connectivity index (χ2n) is 5.26. The van der Waals surface area contributed by atoms with Gasteiger partial charge in [-0.05, 0) is 56.2 Å². The number of hydrogen-bond acceptors (Lipinski definition) is 1. The molecule has 2 amide bonds. The number of carbonyl (C=O) groups is 1. The van der Waals surface area contributed by atoms with Gasteiger partial charge in [0.15, 0.2) is 0 Å². The van der Waals surface area contributed by atoms with Crippen molar-refractivity contribution in [1.82, 2.24) is 10.6 Å². The Balaban J connectivity index is 1.78. The lowest BCUT2D eigenvalue weighted by Crippen LogP contribution is -2.40.